The SMILES string of the molecule is COc1cccc(-n2c(C)nc3ccc(O[C@H]4CCc5ccccc5NC4=O)cc3c2=O)c1. The molecule has 1 aliphatic rings. The van der Waals surface area contributed by atoms with E-state index >= 15 is 0 Å². The Morgan fingerprint density at radius 1 is 1.00 bits per heavy atom. The van der Waals surface area contributed by atoms with Gasteiger partial charge in [0.25, 0.3) is 11.5 Å². The molecule has 2 heterocycles. The van der Waals surface area contributed by atoms with Gasteiger partial charge in [0, 0.05) is 11.8 Å². The first kappa shape index (κ1) is 20.8. The van der Waals surface area contributed by atoms with E-state index in [9.17, 15) is 9.59 Å². The fourth-order valence-corrected chi connectivity index (χ4v) is 4.17. The number of amides is 1. The summed E-state index contributed by atoms with van der Waals surface area (Å²) in [7, 11) is 1.58. The van der Waals surface area contributed by atoms with Gasteiger partial charge in [-0.3, -0.25) is 14.2 Å². The Labute approximate surface area is 190 Å². The lowest BCUT2D eigenvalue weighted by Gasteiger charge is -2.17. The van der Waals surface area contributed by atoms with E-state index in [0.29, 0.717) is 40.3 Å². The average molecular weight is 441 g/mol. The van der Waals surface area contributed by atoms with Crippen LogP contribution in [0.2, 0.25) is 0 Å². The summed E-state index contributed by atoms with van der Waals surface area (Å²) in [6.45, 7) is 1.79. The zero-order chi connectivity index (χ0) is 22.9. The van der Waals surface area contributed by atoms with Gasteiger partial charge in [0.05, 0.1) is 23.7 Å². The van der Waals surface area contributed by atoms with E-state index in [1.807, 2.05) is 42.5 Å². The summed E-state index contributed by atoms with van der Waals surface area (Å²) in [6.07, 6.45) is 0.603. The molecule has 0 saturated heterocycles. The number of carbonyl (C=O) groups excluding carboxylic acids is 1. The molecule has 3 aromatic carbocycles. The third kappa shape index (κ3) is 3.93. The highest BCUT2D eigenvalue weighted by Gasteiger charge is 2.25. The molecule has 0 unspecified atom stereocenters. The molecule has 1 aromatic heterocycles. The normalized spacial score (nSPS) is 15.5. The highest BCUT2D eigenvalue weighted by Crippen LogP contribution is 2.26. The lowest BCUT2D eigenvalue weighted by Crippen LogP contribution is -2.31. The molecular formula is C26H23N3O4. The van der Waals surface area contributed by atoms with Gasteiger partial charge in [-0.1, -0.05) is 24.3 Å². The number of para-hydroxylation sites is 1. The van der Waals surface area contributed by atoms with Crippen molar-refractivity contribution in [2.75, 3.05) is 12.4 Å². The second-order valence-electron chi connectivity index (χ2n) is 7.97. The summed E-state index contributed by atoms with van der Waals surface area (Å²) < 4.78 is 12.9. The minimum atomic E-state index is -0.658. The van der Waals surface area contributed by atoms with Crippen LogP contribution in [0.3, 0.4) is 0 Å². The molecule has 0 bridgehead atoms. The summed E-state index contributed by atoms with van der Waals surface area (Å²) in [4.78, 5) is 30.7. The monoisotopic (exact) mass is 441 g/mol. The van der Waals surface area contributed by atoms with Crippen LogP contribution in [0.4, 0.5) is 5.69 Å². The lowest BCUT2D eigenvalue weighted by atomic mass is 10.1. The van der Waals surface area contributed by atoms with Crippen molar-refractivity contribution in [3.8, 4) is 17.2 Å². The molecule has 0 saturated carbocycles. The van der Waals surface area contributed by atoms with Crippen molar-refractivity contribution in [3.05, 3.63) is 88.5 Å². The average Bonchev–Trinajstić information content (AvgIpc) is 2.98. The number of benzene rings is 3. The molecule has 0 radical (unpaired) electrons. The summed E-state index contributed by atoms with van der Waals surface area (Å²) in [6, 6.07) is 20.2. The molecular weight excluding hydrogens is 418 g/mol. The van der Waals surface area contributed by atoms with Crippen molar-refractivity contribution in [2.24, 2.45) is 0 Å². The molecule has 1 atom stereocenters. The fraction of sp³-hybridized carbons (Fsp3) is 0.192. The molecule has 0 fully saturated rings. The largest absolute Gasteiger partial charge is 0.497 e. The predicted molar refractivity (Wildman–Crippen MR) is 126 cm³/mol. The summed E-state index contributed by atoms with van der Waals surface area (Å²) in [5, 5.41) is 3.35. The van der Waals surface area contributed by atoms with Gasteiger partial charge in [0.1, 0.15) is 17.3 Å². The quantitative estimate of drug-likeness (QED) is 0.517. The summed E-state index contributed by atoms with van der Waals surface area (Å²) in [5.41, 5.74) is 2.92. The second-order valence-corrected chi connectivity index (χ2v) is 7.97. The van der Waals surface area contributed by atoms with E-state index < -0.39 is 6.10 Å². The second kappa shape index (κ2) is 8.43. The van der Waals surface area contributed by atoms with Crippen molar-refractivity contribution >= 4 is 22.5 Å². The van der Waals surface area contributed by atoms with Crippen LogP contribution in [-0.2, 0) is 11.2 Å². The Morgan fingerprint density at radius 2 is 1.85 bits per heavy atom. The van der Waals surface area contributed by atoms with Crippen LogP contribution in [0.5, 0.6) is 11.5 Å². The number of hydrogen-bond donors (Lipinski definition) is 1. The van der Waals surface area contributed by atoms with E-state index in [4.69, 9.17) is 9.47 Å². The van der Waals surface area contributed by atoms with E-state index in [0.717, 1.165) is 17.7 Å². The number of carbonyl (C=O) groups is 1. The van der Waals surface area contributed by atoms with Gasteiger partial charge >= 0.3 is 0 Å². The molecule has 1 N–H and O–H groups in total. The van der Waals surface area contributed by atoms with E-state index in [1.165, 1.54) is 0 Å². The van der Waals surface area contributed by atoms with Crippen LogP contribution >= 0.6 is 0 Å². The van der Waals surface area contributed by atoms with Crippen LogP contribution in [0.15, 0.2) is 71.5 Å². The molecule has 33 heavy (non-hydrogen) atoms. The Bertz CT molecular complexity index is 1430. The first-order valence-corrected chi connectivity index (χ1v) is 10.8. The van der Waals surface area contributed by atoms with Gasteiger partial charge < -0.3 is 14.8 Å². The van der Waals surface area contributed by atoms with Crippen LogP contribution in [0.1, 0.15) is 17.8 Å². The van der Waals surface area contributed by atoms with Crippen molar-refractivity contribution < 1.29 is 14.3 Å². The zero-order valence-corrected chi connectivity index (χ0v) is 18.4. The van der Waals surface area contributed by atoms with Gasteiger partial charge in [-0.25, -0.2) is 4.98 Å². The number of anilines is 1. The van der Waals surface area contributed by atoms with Crippen LogP contribution < -0.4 is 20.3 Å². The Balaban J connectivity index is 1.49. The van der Waals surface area contributed by atoms with Gasteiger partial charge in [0.2, 0.25) is 0 Å². The number of aromatic nitrogens is 2. The van der Waals surface area contributed by atoms with Gasteiger partial charge in [-0.2, -0.15) is 0 Å². The third-order valence-electron chi connectivity index (χ3n) is 5.84. The van der Waals surface area contributed by atoms with Crippen LogP contribution in [-0.4, -0.2) is 28.7 Å². The smallest absolute Gasteiger partial charge is 0.266 e. The van der Waals surface area contributed by atoms with Crippen molar-refractivity contribution in [2.45, 2.75) is 25.9 Å². The Kier molecular flexibility index (Phi) is 5.30. The number of nitrogens with one attached hydrogen (secondary N) is 1. The number of methoxy groups -OCH3 is 1. The molecule has 0 aliphatic carbocycles. The minimum absolute atomic E-state index is 0.198. The minimum Gasteiger partial charge on any atom is -0.497 e. The molecule has 7 nitrogen and oxygen atoms in total. The van der Waals surface area contributed by atoms with Crippen LogP contribution in [0.25, 0.3) is 16.6 Å². The van der Waals surface area contributed by atoms with Gasteiger partial charge in [0.15, 0.2) is 6.10 Å². The summed E-state index contributed by atoms with van der Waals surface area (Å²) >= 11 is 0. The molecule has 166 valence electrons. The van der Waals surface area contributed by atoms with E-state index in [1.54, 1.807) is 42.9 Å². The first-order valence-electron chi connectivity index (χ1n) is 10.8. The number of fused-ring (bicyclic) bond motifs is 2. The molecule has 5 rings (SSSR count). The lowest BCUT2D eigenvalue weighted by molar-refractivity contribution is -0.122. The highest BCUT2D eigenvalue weighted by molar-refractivity contribution is 5.96. The van der Waals surface area contributed by atoms with E-state index in [-0.39, 0.29) is 11.5 Å². The Hall–Kier alpha value is -4.13. The number of nitrogens with zero attached hydrogens (tertiary/aromatic N) is 2. The van der Waals surface area contributed by atoms with Crippen molar-refractivity contribution in [3.63, 3.8) is 0 Å². The molecule has 1 amide bonds. The number of ether oxygens (including phenoxy) is 2. The number of rotatable bonds is 4. The van der Waals surface area contributed by atoms with Crippen LogP contribution in [0, 0.1) is 6.92 Å². The van der Waals surface area contributed by atoms with E-state index in [2.05, 4.69) is 10.3 Å². The van der Waals surface area contributed by atoms with Gasteiger partial charge in [-0.15, -0.1) is 0 Å². The molecule has 0 spiro atoms. The predicted octanol–water partition coefficient (Wildman–Crippen LogP) is 4.04. The van der Waals surface area contributed by atoms with Crippen molar-refractivity contribution in [1.29, 1.82) is 0 Å². The first-order chi connectivity index (χ1) is 16.0. The molecule has 4 aromatic rings. The maximum Gasteiger partial charge on any atom is 0.266 e. The van der Waals surface area contributed by atoms with Gasteiger partial charge in [-0.05, 0) is 61.7 Å². The molecule has 1 aliphatic heterocycles. The zero-order valence-electron chi connectivity index (χ0n) is 18.4. The van der Waals surface area contributed by atoms with Crippen molar-refractivity contribution in [1.82, 2.24) is 9.55 Å². The maximum atomic E-state index is 13.4. The maximum absolute atomic E-state index is 13.4. The number of aryl methyl sites for hydroxylation is 2. The topological polar surface area (TPSA) is 82.4 Å². The number of hydrogen-bond acceptors (Lipinski definition) is 5. The molecule has 7 heteroatoms. The highest BCUT2D eigenvalue weighted by atomic mass is 16.5. The summed E-state index contributed by atoms with van der Waals surface area (Å²) in [5.74, 6) is 1.47. The third-order valence-corrected chi connectivity index (χ3v) is 5.84. The Morgan fingerprint density at radius 3 is 2.70 bits per heavy atom. The fourth-order valence-electron chi connectivity index (χ4n) is 4.17. The standard InChI is InChI=1S/C26H23N3O4/c1-16-27-23-12-11-20(33-24-13-10-17-6-3-4-9-22(17)28-25(24)30)15-21(23)26(31)29(16)18-7-5-8-19(14-18)32-2/h3-9,11-12,14-15,24H,10,13H2,1-2H3,(H,28,30)/t24-/m0/s1.